The molecule has 3 N–H and O–H groups in total. The molecule has 1 aliphatic heterocycles. The van der Waals surface area contributed by atoms with E-state index >= 15 is 0 Å². The zero-order valence-electron chi connectivity index (χ0n) is 14.8. The van der Waals surface area contributed by atoms with Crippen molar-refractivity contribution in [3.63, 3.8) is 0 Å². The lowest BCUT2D eigenvalue weighted by Gasteiger charge is -2.36. The second kappa shape index (κ2) is 6.71. The number of urea groups is 1. The lowest BCUT2D eigenvalue weighted by molar-refractivity contribution is 0.250. The van der Waals surface area contributed by atoms with E-state index in [9.17, 15) is 13.6 Å². The number of carbonyl (C=O) groups excluding carboxylic acids is 1. The monoisotopic (exact) mass is 377 g/mol. The molecule has 0 unspecified atom stereocenters. The molecule has 1 aliphatic rings. The van der Waals surface area contributed by atoms with Gasteiger partial charge in [0.05, 0.1) is 32.0 Å². The van der Waals surface area contributed by atoms with Crippen molar-refractivity contribution in [2.24, 2.45) is 0 Å². The maximum Gasteiger partial charge on any atom is 0.329 e. The third kappa shape index (κ3) is 2.69. The van der Waals surface area contributed by atoms with Gasteiger partial charge in [-0.2, -0.15) is 0 Å². The van der Waals surface area contributed by atoms with Gasteiger partial charge in [0.2, 0.25) is 0 Å². The molecule has 0 radical (unpaired) electrons. The van der Waals surface area contributed by atoms with Crippen LogP contribution in [-0.4, -0.2) is 38.5 Å². The average molecular weight is 377 g/mol. The number of methoxy groups -OCH3 is 2. The van der Waals surface area contributed by atoms with Gasteiger partial charge in [-0.15, -0.1) is 0 Å². The molecule has 1 aromatic heterocycles. The SMILES string of the molecule is COc1cc(OC)c(F)c(N2Cc3cnc(N)c(C=N)c3N(C)C2=O)c1F. The number of anilines is 3. The van der Waals surface area contributed by atoms with Crippen LogP contribution in [0, 0.1) is 17.0 Å². The van der Waals surface area contributed by atoms with Crippen molar-refractivity contribution >= 4 is 29.4 Å². The number of hydrogen-bond acceptors (Lipinski definition) is 6. The summed E-state index contributed by atoms with van der Waals surface area (Å²) in [7, 11) is 3.87. The van der Waals surface area contributed by atoms with Crippen LogP contribution in [0.1, 0.15) is 11.1 Å². The smallest absolute Gasteiger partial charge is 0.329 e. The maximum atomic E-state index is 14.8. The van der Waals surface area contributed by atoms with Crippen molar-refractivity contribution in [3.05, 3.63) is 35.0 Å². The predicted molar refractivity (Wildman–Crippen MR) is 96.0 cm³/mol. The van der Waals surface area contributed by atoms with Gasteiger partial charge in [-0.1, -0.05) is 0 Å². The highest BCUT2D eigenvalue weighted by atomic mass is 19.1. The van der Waals surface area contributed by atoms with Crippen LogP contribution < -0.4 is 25.0 Å². The minimum Gasteiger partial charge on any atom is -0.493 e. The normalized spacial score (nSPS) is 13.4. The van der Waals surface area contributed by atoms with E-state index in [-0.39, 0.29) is 29.4 Å². The molecular weight excluding hydrogens is 360 g/mol. The summed E-state index contributed by atoms with van der Waals surface area (Å²) in [4.78, 5) is 18.9. The lowest BCUT2D eigenvalue weighted by Crippen LogP contribution is -2.46. The molecule has 0 bridgehead atoms. The minimum absolute atomic E-state index is 0.0808. The van der Waals surface area contributed by atoms with Crippen molar-refractivity contribution in [2.75, 3.05) is 36.8 Å². The molecule has 0 saturated carbocycles. The van der Waals surface area contributed by atoms with Gasteiger partial charge in [0.25, 0.3) is 0 Å². The van der Waals surface area contributed by atoms with E-state index in [1.807, 2.05) is 0 Å². The number of carbonyl (C=O) groups is 1. The largest absolute Gasteiger partial charge is 0.493 e. The molecule has 27 heavy (non-hydrogen) atoms. The summed E-state index contributed by atoms with van der Waals surface area (Å²) >= 11 is 0. The molecule has 2 heterocycles. The molecule has 0 fully saturated rings. The first-order valence-electron chi connectivity index (χ1n) is 7.78. The molecule has 0 saturated heterocycles. The number of pyridine rings is 1. The van der Waals surface area contributed by atoms with Gasteiger partial charge < -0.3 is 20.6 Å². The number of nitrogens with two attached hydrogens (primary N) is 1. The van der Waals surface area contributed by atoms with Gasteiger partial charge in [0.15, 0.2) is 23.1 Å². The predicted octanol–water partition coefficient (Wildman–Crippen LogP) is 2.53. The number of benzene rings is 1. The zero-order chi connectivity index (χ0) is 19.9. The third-order valence-corrected chi connectivity index (χ3v) is 4.34. The molecule has 3 rings (SSSR count). The summed E-state index contributed by atoms with van der Waals surface area (Å²) in [6.45, 7) is -0.170. The average Bonchev–Trinajstić information content (AvgIpc) is 2.66. The molecule has 0 atom stereocenters. The number of nitrogens with zero attached hydrogens (tertiary/aromatic N) is 3. The van der Waals surface area contributed by atoms with Gasteiger partial charge in [-0.25, -0.2) is 18.6 Å². The quantitative estimate of drug-likeness (QED) is 0.797. The fourth-order valence-corrected chi connectivity index (χ4v) is 3.03. The topological polar surface area (TPSA) is 105 Å². The van der Waals surface area contributed by atoms with Gasteiger partial charge in [0, 0.05) is 31.1 Å². The second-order valence-corrected chi connectivity index (χ2v) is 5.76. The van der Waals surface area contributed by atoms with Crippen molar-refractivity contribution < 1.29 is 23.0 Å². The van der Waals surface area contributed by atoms with E-state index < -0.39 is 23.4 Å². The number of rotatable bonds is 4. The first-order valence-corrected chi connectivity index (χ1v) is 7.78. The highest BCUT2D eigenvalue weighted by Crippen LogP contribution is 2.41. The van der Waals surface area contributed by atoms with Crippen molar-refractivity contribution in [3.8, 4) is 11.5 Å². The molecule has 2 amide bonds. The van der Waals surface area contributed by atoms with Crippen LogP contribution in [-0.2, 0) is 6.54 Å². The molecule has 0 aliphatic carbocycles. The van der Waals surface area contributed by atoms with E-state index in [0.29, 0.717) is 11.3 Å². The van der Waals surface area contributed by atoms with Crippen LogP contribution >= 0.6 is 0 Å². The molecule has 142 valence electrons. The van der Waals surface area contributed by atoms with Gasteiger partial charge >= 0.3 is 6.03 Å². The molecule has 8 nitrogen and oxygen atoms in total. The van der Waals surface area contributed by atoms with E-state index in [1.54, 1.807) is 0 Å². The van der Waals surface area contributed by atoms with E-state index in [2.05, 4.69) is 4.98 Å². The highest BCUT2D eigenvalue weighted by molar-refractivity contribution is 6.09. The van der Waals surface area contributed by atoms with Gasteiger partial charge in [0.1, 0.15) is 11.5 Å². The summed E-state index contributed by atoms with van der Waals surface area (Å²) in [5.74, 6) is -2.51. The first kappa shape index (κ1) is 18.4. The fourth-order valence-electron chi connectivity index (χ4n) is 3.03. The number of fused-ring (bicyclic) bond motifs is 1. The number of amides is 2. The fraction of sp³-hybridized carbons (Fsp3) is 0.235. The summed E-state index contributed by atoms with van der Waals surface area (Å²) in [5.41, 5.74) is 6.27. The van der Waals surface area contributed by atoms with Crippen LogP contribution in [0.5, 0.6) is 11.5 Å². The van der Waals surface area contributed by atoms with Crippen LogP contribution in [0.25, 0.3) is 0 Å². The van der Waals surface area contributed by atoms with Crippen molar-refractivity contribution in [1.82, 2.24) is 4.98 Å². The molecule has 1 aromatic carbocycles. The Kier molecular flexibility index (Phi) is 4.56. The number of hydrogen-bond donors (Lipinski definition) is 2. The molecule has 0 spiro atoms. The molecule has 2 aromatic rings. The van der Waals surface area contributed by atoms with Crippen molar-refractivity contribution in [2.45, 2.75) is 6.54 Å². The standard InChI is InChI=1S/C17H17F2N5O3/c1-23-14-8(6-22-16(21)9(14)5-20)7-24(17(23)25)15-12(18)10(26-2)4-11(27-3)13(15)19/h4-6,20H,7H2,1-3H3,(H2,21,22). The maximum absolute atomic E-state index is 14.8. The number of nitrogen functional groups attached to an aromatic ring is 1. The summed E-state index contributed by atoms with van der Waals surface area (Å²) < 4.78 is 39.5. The van der Waals surface area contributed by atoms with Gasteiger partial charge in [-0.05, 0) is 0 Å². The zero-order valence-corrected chi connectivity index (χ0v) is 14.8. The summed E-state index contributed by atoms with van der Waals surface area (Å²) in [6.07, 6.45) is 2.39. The lowest BCUT2D eigenvalue weighted by atomic mass is 10.1. The highest BCUT2D eigenvalue weighted by Gasteiger charge is 2.36. The number of aromatic nitrogens is 1. The van der Waals surface area contributed by atoms with E-state index in [1.165, 1.54) is 32.4 Å². The summed E-state index contributed by atoms with van der Waals surface area (Å²) in [5, 5.41) is 7.52. The third-order valence-electron chi connectivity index (χ3n) is 4.34. The first-order chi connectivity index (χ1) is 12.8. The molecule has 10 heteroatoms. The number of ether oxygens (including phenoxy) is 2. The Morgan fingerprint density at radius 3 is 2.33 bits per heavy atom. The Bertz CT molecular complexity index is 923. The summed E-state index contributed by atoms with van der Waals surface area (Å²) in [6, 6.07) is 0.361. The van der Waals surface area contributed by atoms with Crippen LogP contribution in [0.4, 0.5) is 30.8 Å². The second-order valence-electron chi connectivity index (χ2n) is 5.76. The van der Waals surface area contributed by atoms with Crippen LogP contribution in [0.2, 0.25) is 0 Å². The Morgan fingerprint density at radius 1 is 1.22 bits per heavy atom. The Labute approximate surface area is 153 Å². The van der Waals surface area contributed by atoms with Gasteiger partial charge in [-0.3, -0.25) is 9.80 Å². The Hall–Kier alpha value is -3.43. The van der Waals surface area contributed by atoms with E-state index in [4.69, 9.17) is 20.6 Å². The minimum atomic E-state index is -1.03. The molecular formula is C17H17F2N5O3. The van der Waals surface area contributed by atoms with Crippen molar-refractivity contribution in [1.29, 1.82) is 5.41 Å². The Morgan fingerprint density at radius 2 is 1.81 bits per heavy atom. The number of nitrogens with one attached hydrogen (secondary N) is 1. The van der Waals surface area contributed by atoms with Crippen LogP contribution in [0.15, 0.2) is 12.3 Å². The van der Waals surface area contributed by atoms with Crippen LogP contribution in [0.3, 0.4) is 0 Å². The Balaban J connectivity index is 2.21. The van der Waals surface area contributed by atoms with E-state index in [0.717, 1.165) is 17.2 Å². The number of halogens is 2.